The summed E-state index contributed by atoms with van der Waals surface area (Å²) in [6.07, 6.45) is -1.46. The van der Waals surface area contributed by atoms with E-state index in [1.807, 2.05) is 0 Å². The molecule has 0 aliphatic rings. The normalized spacial score (nSPS) is 14.7. The van der Waals surface area contributed by atoms with Crippen LogP contribution in [0.15, 0.2) is 0 Å². The molecule has 0 aliphatic carbocycles. The second kappa shape index (κ2) is 4.71. The van der Waals surface area contributed by atoms with Crippen LogP contribution in [-0.2, 0) is 19.1 Å². The number of carbonyl (C=O) groups is 2. The third kappa shape index (κ3) is 2.50. The van der Waals surface area contributed by atoms with Crippen LogP contribution < -0.4 is 0 Å². The maximum absolute atomic E-state index is 10.8. The van der Waals surface area contributed by atoms with E-state index in [0.29, 0.717) is 0 Å². The van der Waals surface area contributed by atoms with Gasteiger partial charge in [-0.15, -0.1) is 0 Å². The summed E-state index contributed by atoms with van der Waals surface area (Å²) in [6.45, 7) is 1.38. The molecule has 0 aromatic heterocycles. The Morgan fingerprint density at radius 1 is 1.17 bits per heavy atom. The first-order valence-electron chi connectivity index (χ1n) is 3.38. The van der Waals surface area contributed by atoms with Crippen LogP contribution in [0.25, 0.3) is 0 Å². The van der Waals surface area contributed by atoms with Gasteiger partial charge in [0.1, 0.15) is 0 Å². The minimum absolute atomic E-state index is 0.645. The first-order chi connectivity index (χ1) is 5.54. The van der Waals surface area contributed by atoms with Crippen molar-refractivity contribution in [1.82, 2.24) is 0 Å². The number of carbonyl (C=O) groups excluding carboxylic acids is 2. The van der Waals surface area contributed by atoms with E-state index in [9.17, 15) is 9.59 Å². The predicted molar refractivity (Wildman–Crippen MR) is 39.2 cm³/mol. The van der Waals surface area contributed by atoms with Crippen molar-refractivity contribution in [2.24, 2.45) is 5.92 Å². The van der Waals surface area contributed by atoms with Crippen molar-refractivity contribution in [2.75, 3.05) is 14.2 Å². The highest BCUT2D eigenvalue weighted by Gasteiger charge is 2.29. The fourth-order valence-electron chi connectivity index (χ4n) is 0.640. The molecule has 0 heterocycles. The summed E-state index contributed by atoms with van der Waals surface area (Å²) in [5.74, 6) is -2.39. The molecule has 0 aromatic rings. The summed E-state index contributed by atoms with van der Waals surface area (Å²) in [5.41, 5.74) is 0. The zero-order valence-electron chi connectivity index (χ0n) is 7.23. The minimum Gasteiger partial charge on any atom is -0.469 e. The number of ether oxygens (including phenoxy) is 2. The largest absolute Gasteiger partial charge is 0.469 e. The molecule has 1 N–H and O–H groups in total. The van der Waals surface area contributed by atoms with Crippen molar-refractivity contribution in [3.63, 3.8) is 0 Å². The summed E-state index contributed by atoms with van der Waals surface area (Å²) in [5, 5.41) is 9.11. The van der Waals surface area contributed by atoms with Crippen LogP contribution in [0.4, 0.5) is 0 Å². The first kappa shape index (κ1) is 10.9. The Morgan fingerprint density at radius 3 is 1.92 bits per heavy atom. The van der Waals surface area contributed by atoms with Gasteiger partial charge in [-0.05, 0) is 6.92 Å². The molecule has 5 heteroatoms. The fraction of sp³-hybridized carbons (Fsp3) is 0.714. The molecule has 0 spiro atoms. The zero-order chi connectivity index (χ0) is 9.72. The van der Waals surface area contributed by atoms with Crippen LogP contribution >= 0.6 is 0 Å². The van der Waals surface area contributed by atoms with Gasteiger partial charge in [0.25, 0.3) is 0 Å². The molecule has 0 amide bonds. The van der Waals surface area contributed by atoms with Crippen molar-refractivity contribution < 1.29 is 24.2 Å². The maximum Gasteiger partial charge on any atom is 0.335 e. The number of aliphatic hydroxyl groups excluding tert-OH is 1. The molecule has 12 heavy (non-hydrogen) atoms. The van der Waals surface area contributed by atoms with Gasteiger partial charge < -0.3 is 14.6 Å². The van der Waals surface area contributed by atoms with Crippen molar-refractivity contribution in [3.05, 3.63) is 0 Å². The van der Waals surface area contributed by atoms with Gasteiger partial charge in [-0.3, -0.25) is 4.79 Å². The van der Waals surface area contributed by atoms with Crippen LogP contribution in [0.3, 0.4) is 0 Å². The van der Waals surface area contributed by atoms with E-state index in [2.05, 4.69) is 9.47 Å². The highest BCUT2D eigenvalue weighted by atomic mass is 16.5. The Morgan fingerprint density at radius 2 is 1.58 bits per heavy atom. The number of methoxy groups -OCH3 is 2. The summed E-state index contributed by atoms with van der Waals surface area (Å²) < 4.78 is 8.55. The van der Waals surface area contributed by atoms with Gasteiger partial charge >= 0.3 is 11.9 Å². The number of rotatable bonds is 3. The van der Waals surface area contributed by atoms with Gasteiger partial charge in [-0.2, -0.15) is 0 Å². The van der Waals surface area contributed by atoms with Crippen LogP contribution in [0, 0.1) is 5.92 Å². The van der Waals surface area contributed by atoms with Crippen molar-refractivity contribution in [2.45, 2.75) is 13.0 Å². The Labute approximate surface area is 70.3 Å². The topological polar surface area (TPSA) is 72.8 Å². The lowest BCUT2D eigenvalue weighted by molar-refractivity contribution is -0.162. The summed E-state index contributed by atoms with van der Waals surface area (Å²) in [7, 11) is 2.32. The number of hydrogen-bond donors (Lipinski definition) is 1. The quantitative estimate of drug-likeness (QED) is 0.577. The number of esters is 2. The van der Waals surface area contributed by atoms with E-state index in [-0.39, 0.29) is 0 Å². The van der Waals surface area contributed by atoms with Crippen molar-refractivity contribution in [3.8, 4) is 0 Å². The fourth-order valence-corrected chi connectivity index (χ4v) is 0.640. The van der Waals surface area contributed by atoms with Gasteiger partial charge in [-0.25, -0.2) is 4.79 Å². The first-order valence-corrected chi connectivity index (χ1v) is 3.38. The van der Waals surface area contributed by atoms with E-state index in [1.165, 1.54) is 14.0 Å². The molecule has 70 valence electrons. The average Bonchev–Trinajstić information content (AvgIpc) is 2.12. The summed E-state index contributed by atoms with van der Waals surface area (Å²) in [4.78, 5) is 21.5. The van der Waals surface area contributed by atoms with E-state index in [1.54, 1.807) is 0 Å². The van der Waals surface area contributed by atoms with Crippen LogP contribution in [0.2, 0.25) is 0 Å². The number of hydrogen-bond acceptors (Lipinski definition) is 5. The minimum atomic E-state index is -1.46. The molecule has 0 radical (unpaired) electrons. The molecule has 0 aliphatic heterocycles. The molecular formula is C7H12O5. The second-order valence-electron chi connectivity index (χ2n) is 2.28. The highest BCUT2D eigenvalue weighted by Crippen LogP contribution is 2.06. The van der Waals surface area contributed by atoms with Gasteiger partial charge in [0.2, 0.25) is 0 Å². The molecule has 5 nitrogen and oxygen atoms in total. The lowest BCUT2D eigenvalue weighted by atomic mass is 10.1. The third-order valence-electron chi connectivity index (χ3n) is 1.49. The average molecular weight is 176 g/mol. The molecular weight excluding hydrogens is 164 g/mol. The van der Waals surface area contributed by atoms with Gasteiger partial charge in [-0.1, -0.05) is 0 Å². The van der Waals surface area contributed by atoms with Gasteiger partial charge in [0, 0.05) is 0 Å². The summed E-state index contributed by atoms with van der Waals surface area (Å²) in [6, 6.07) is 0. The van der Waals surface area contributed by atoms with E-state index < -0.39 is 24.0 Å². The van der Waals surface area contributed by atoms with Crippen molar-refractivity contribution >= 4 is 11.9 Å². The Balaban J connectivity index is 4.18. The second-order valence-corrected chi connectivity index (χ2v) is 2.28. The van der Waals surface area contributed by atoms with E-state index >= 15 is 0 Å². The van der Waals surface area contributed by atoms with Crippen molar-refractivity contribution in [1.29, 1.82) is 0 Å². The molecule has 0 rings (SSSR count). The zero-order valence-corrected chi connectivity index (χ0v) is 7.23. The van der Waals surface area contributed by atoms with E-state index in [4.69, 9.17) is 5.11 Å². The lowest BCUT2D eigenvalue weighted by Gasteiger charge is -2.13. The van der Waals surface area contributed by atoms with Gasteiger partial charge in [0.05, 0.1) is 20.1 Å². The molecule has 0 aromatic carbocycles. The highest BCUT2D eigenvalue weighted by molar-refractivity contribution is 5.83. The summed E-state index contributed by atoms with van der Waals surface area (Å²) >= 11 is 0. The Bertz CT molecular complexity index is 157. The van der Waals surface area contributed by atoms with Crippen LogP contribution in [-0.4, -0.2) is 37.4 Å². The smallest absolute Gasteiger partial charge is 0.335 e. The third-order valence-corrected chi connectivity index (χ3v) is 1.49. The maximum atomic E-state index is 10.8. The van der Waals surface area contributed by atoms with Crippen LogP contribution in [0.5, 0.6) is 0 Å². The van der Waals surface area contributed by atoms with Gasteiger partial charge in [0.15, 0.2) is 6.10 Å². The molecule has 0 bridgehead atoms. The molecule has 0 saturated heterocycles. The monoisotopic (exact) mass is 176 g/mol. The number of aliphatic hydroxyl groups is 1. The predicted octanol–water partition coefficient (Wildman–Crippen LogP) is -0.671. The SMILES string of the molecule is COC(=O)C(C)[C@H](O)C(=O)OC. The van der Waals surface area contributed by atoms with Crippen LogP contribution in [0.1, 0.15) is 6.92 Å². The molecule has 1 unspecified atom stereocenters. The Kier molecular flexibility index (Phi) is 4.28. The molecule has 0 saturated carbocycles. The Hall–Kier alpha value is -1.10. The molecule has 0 fully saturated rings. The standard InChI is InChI=1S/C7H12O5/c1-4(6(9)11-2)5(8)7(10)12-3/h4-5,8H,1-3H3/t4?,5-/m0/s1. The van der Waals surface area contributed by atoms with E-state index in [0.717, 1.165) is 7.11 Å². The molecule has 2 atom stereocenters. The lowest BCUT2D eigenvalue weighted by Crippen LogP contribution is -2.34.